The van der Waals surface area contributed by atoms with Crippen LogP contribution < -0.4 is 9.46 Å². The monoisotopic (exact) mass is 495 g/mol. The third-order valence-electron chi connectivity index (χ3n) is 5.65. The Kier molecular flexibility index (Phi) is 6.58. The van der Waals surface area contributed by atoms with Crippen molar-refractivity contribution in [3.8, 4) is 5.75 Å². The van der Waals surface area contributed by atoms with Crippen molar-refractivity contribution in [3.05, 3.63) is 82.9 Å². The average molecular weight is 496 g/mol. The van der Waals surface area contributed by atoms with Crippen LogP contribution in [-0.4, -0.2) is 38.4 Å². The Morgan fingerprint density at radius 1 is 1.09 bits per heavy atom. The van der Waals surface area contributed by atoms with Crippen LogP contribution in [0.15, 0.2) is 71.6 Å². The summed E-state index contributed by atoms with van der Waals surface area (Å²) >= 11 is 1.54. The zero-order valence-electron chi connectivity index (χ0n) is 19.3. The van der Waals surface area contributed by atoms with Gasteiger partial charge in [0, 0.05) is 12.6 Å². The lowest BCUT2D eigenvalue weighted by Crippen LogP contribution is -2.30. The summed E-state index contributed by atoms with van der Waals surface area (Å²) < 4.78 is 35.2. The fourth-order valence-electron chi connectivity index (χ4n) is 3.57. The first-order chi connectivity index (χ1) is 16.2. The molecule has 34 heavy (non-hydrogen) atoms. The van der Waals surface area contributed by atoms with Crippen molar-refractivity contribution < 1.29 is 17.9 Å². The zero-order chi connectivity index (χ0) is 24.5. The molecule has 0 spiro atoms. The number of methoxy groups -OCH3 is 1. The number of carbonyl (C=O) groups excluding carboxylic acids is 1. The summed E-state index contributed by atoms with van der Waals surface area (Å²) in [4.78, 5) is 19.6. The summed E-state index contributed by atoms with van der Waals surface area (Å²) in [6.45, 7) is 3.60. The van der Waals surface area contributed by atoms with Crippen molar-refractivity contribution in [1.29, 1.82) is 0 Å². The number of anilines is 1. The Hall–Kier alpha value is -3.43. The molecule has 0 fully saturated rings. The number of thiazole rings is 1. The summed E-state index contributed by atoms with van der Waals surface area (Å²) in [6.07, 6.45) is 0. The highest BCUT2D eigenvalue weighted by atomic mass is 32.2. The summed E-state index contributed by atoms with van der Waals surface area (Å²) in [7, 11) is -0.792. The molecule has 4 aromatic rings. The van der Waals surface area contributed by atoms with Crippen LogP contribution in [-0.2, 0) is 10.0 Å². The minimum Gasteiger partial charge on any atom is -0.495 e. The van der Waals surface area contributed by atoms with E-state index in [9.17, 15) is 13.2 Å². The number of nitrogens with one attached hydrogen (secondary N) is 1. The van der Waals surface area contributed by atoms with Crippen molar-refractivity contribution in [2.24, 2.45) is 0 Å². The first-order valence-corrected chi connectivity index (χ1v) is 12.9. The van der Waals surface area contributed by atoms with Crippen LogP contribution in [0, 0.1) is 6.92 Å². The number of nitrogens with zero attached hydrogens (tertiary/aromatic N) is 2. The van der Waals surface area contributed by atoms with Crippen LogP contribution in [0.1, 0.15) is 33.9 Å². The number of benzene rings is 3. The number of rotatable bonds is 7. The highest BCUT2D eigenvalue weighted by molar-refractivity contribution is 7.92. The van der Waals surface area contributed by atoms with Gasteiger partial charge in [-0.25, -0.2) is 13.4 Å². The minimum absolute atomic E-state index is 0.0327. The standard InChI is InChI=1S/C25H25N3O4S2/c1-16-13-14-18(15-23(16)34(30,31)27-19-9-5-7-11-21(19)32-4)25(29)28(3)17(2)24-26-20-10-6-8-12-22(20)33-24/h5-15,17,27H,1-4H3/t17-/m1/s1. The topological polar surface area (TPSA) is 88.6 Å². The van der Waals surface area contributed by atoms with Gasteiger partial charge in [0.15, 0.2) is 0 Å². The Morgan fingerprint density at radius 2 is 1.79 bits per heavy atom. The van der Waals surface area contributed by atoms with Gasteiger partial charge in [-0.05, 0) is 55.8 Å². The molecule has 1 amide bonds. The van der Waals surface area contributed by atoms with Crippen molar-refractivity contribution in [2.75, 3.05) is 18.9 Å². The van der Waals surface area contributed by atoms with Gasteiger partial charge in [0.2, 0.25) is 0 Å². The summed E-state index contributed by atoms with van der Waals surface area (Å²) in [6, 6.07) is 19.0. The maximum Gasteiger partial charge on any atom is 0.262 e. The van der Waals surface area contributed by atoms with Gasteiger partial charge in [0.25, 0.3) is 15.9 Å². The van der Waals surface area contributed by atoms with Crippen molar-refractivity contribution >= 4 is 43.2 Å². The maximum atomic E-state index is 13.3. The number of hydrogen-bond acceptors (Lipinski definition) is 6. The number of hydrogen-bond donors (Lipinski definition) is 1. The van der Waals surface area contributed by atoms with Crippen molar-refractivity contribution in [3.63, 3.8) is 0 Å². The number of aryl methyl sites for hydroxylation is 1. The highest BCUT2D eigenvalue weighted by Gasteiger charge is 2.25. The first kappa shape index (κ1) is 23.7. The third kappa shape index (κ3) is 4.62. The highest BCUT2D eigenvalue weighted by Crippen LogP contribution is 2.31. The van der Waals surface area contributed by atoms with Gasteiger partial charge in [-0.3, -0.25) is 9.52 Å². The summed E-state index contributed by atoms with van der Waals surface area (Å²) in [5.41, 5.74) is 2.02. The SMILES string of the molecule is COc1ccccc1NS(=O)(=O)c1cc(C(=O)N(C)[C@H](C)c2nc3ccccc3s2)ccc1C. The molecule has 1 N–H and O–H groups in total. The van der Waals surface area contributed by atoms with Gasteiger partial charge in [-0.1, -0.05) is 30.3 Å². The molecule has 7 nitrogen and oxygen atoms in total. The maximum absolute atomic E-state index is 13.3. The lowest BCUT2D eigenvalue weighted by atomic mass is 10.1. The first-order valence-electron chi connectivity index (χ1n) is 10.6. The Labute approximate surface area is 203 Å². The molecule has 0 saturated carbocycles. The van der Waals surface area contributed by atoms with Crippen LogP contribution in [0.25, 0.3) is 10.2 Å². The number of amides is 1. The average Bonchev–Trinajstić information content (AvgIpc) is 3.27. The molecule has 0 radical (unpaired) electrons. The fraction of sp³-hybridized carbons (Fsp3) is 0.200. The van der Waals surface area contributed by atoms with Crippen LogP contribution >= 0.6 is 11.3 Å². The smallest absolute Gasteiger partial charge is 0.262 e. The number of aromatic nitrogens is 1. The second-order valence-corrected chi connectivity index (χ2v) is 10.6. The number of fused-ring (bicyclic) bond motifs is 1. The van der Waals surface area contributed by atoms with Gasteiger partial charge in [-0.15, -0.1) is 11.3 Å². The van der Waals surface area contributed by atoms with E-state index in [2.05, 4.69) is 9.71 Å². The van der Waals surface area contributed by atoms with Crippen LogP contribution in [0.5, 0.6) is 5.75 Å². The molecule has 9 heteroatoms. The molecular weight excluding hydrogens is 470 g/mol. The fourth-order valence-corrected chi connectivity index (χ4v) is 5.97. The molecule has 0 aliphatic carbocycles. The normalized spacial score (nSPS) is 12.4. The lowest BCUT2D eigenvalue weighted by molar-refractivity contribution is 0.0742. The summed E-state index contributed by atoms with van der Waals surface area (Å²) in [5, 5.41) is 0.815. The van der Waals surface area contributed by atoms with E-state index in [1.807, 2.05) is 31.2 Å². The second-order valence-electron chi connectivity index (χ2n) is 7.90. The number of ether oxygens (including phenoxy) is 1. The van der Waals surface area contributed by atoms with Crippen LogP contribution in [0.2, 0.25) is 0 Å². The molecule has 3 aromatic carbocycles. The van der Waals surface area contributed by atoms with E-state index in [-0.39, 0.29) is 22.4 Å². The van der Waals surface area contributed by atoms with E-state index in [0.29, 0.717) is 17.0 Å². The van der Waals surface area contributed by atoms with E-state index >= 15 is 0 Å². The molecule has 0 bridgehead atoms. The molecule has 4 rings (SSSR count). The molecule has 0 aliphatic heterocycles. The number of para-hydroxylation sites is 3. The molecule has 176 valence electrons. The van der Waals surface area contributed by atoms with Gasteiger partial charge in [0.1, 0.15) is 10.8 Å². The van der Waals surface area contributed by atoms with E-state index in [0.717, 1.165) is 15.2 Å². The predicted octanol–water partition coefficient (Wildman–Crippen LogP) is 5.25. The van der Waals surface area contributed by atoms with Crippen LogP contribution in [0.3, 0.4) is 0 Å². The Balaban J connectivity index is 1.62. The van der Waals surface area contributed by atoms with E-state index in [4.69, 9.17) is 4.74 Å². The second kappa shape index (κ2) is 9.44. The third-order valence-corrected chi connectivity index (χ3v) is 8.36. The van der Waals surface area contributed by atoms with Gasteiger partial charge < -0.3 is 9.64 Å². The Bertz CT molecular complexity index is 1430. The quantitative estimate of drug-likeness (QED) is 0.378. The van der Waals surface area contributed by atoms with Crippen molar-refractivity contribution in [1.82, 2.24) is 9.88 Å². The van der Waals surface area contributed by atoms with Crippen LogP contribution in [0.4, 0.5) is 5.69 Å². The summed E-state index contributed by atoms with van der Waals surface area (Å²) in [5.74, 6) is 0.112. The molecule has 1 aromatic heterocycles. The van der Waals surface area contributed by atoms with Gasteiger partial charge >= 0.3 is 0 Å². The molecule has 1 atom stereocenters. The molecule has 0 saturated heterocycles. The van der Waals surface area contributed by atoms with E-state index in [1.54, 1.807) is 55.3 Å². The lowest BCUT2D eigenvalue weighted by Gasteiger charge is -2.24. The molecular formula is C25H25N3O4S2. The molecule has 0 unspecified atom stereocenters. The van der Waals surface area contributed by atoms with E-state index in [1.165, 1.54) is 24.5 Å². The number of sulfonamides is 1. The molecule has 0 aliphatic rings. The van der Waals surface area contributed by atoms with Gasteiger partial charge in [-0.2, -0.15) is 0 Å². The zero-order valence-corrected chi connectivity index (χ0v) is 20.9. The van der Waals surface area contributed by atoms with Gasteiger partial charge in [0.05, 0.1) is 34.0 Å². The molecule has 1 heterocycles. The predicted molar refractivity (Wildman–Crippen MR) is 135 cm³/mol. The van der Waals surface area contributed by atoms with E-state index < -0.39 is 10.0 Å². The van der Waals surface area contributed by atoms with Crippen molar-refractivity contribution in [2.45, 2.75) is 24.8 Å². The Morgan fingerprint density at radius 3 is 2.53 bits per heavy atom. The largest absolute Gasteiger partial charge is 0.495 e. The minimum atomic E-state index is -3.96. The number of carbonyl (C=O) groups is 1.